The lowest BCUT2D eigenvalue weighted by Crippen LogP contribution is -2.50. The van der Waals surface area contributed by atoms with E-state index < -0.39 is 0 Å². The van der Waals surface area contributed by atoms with Crippen molar-refractivity contribution in [2.45, 2.75) is 58.5 Å². The fraction of sp³-hybridized carbons (Fsp3) is 0.933. The van der Waals surface area contributed by atoms with Gasteiger partial charge < -0.3 is 15.8 Å². The summed E-state index contributed by atoms with van der Waals surface area (Å²) in [4.78, 5) is 14.3. The van der Waals surface area contributed by atoms with Crippen LogP contribution >= 0.6 is 0 Å². The molecule has 0 aliphatic heterocycles. The van der Waals surface area contributed by atoms with Crippen molar-refractivity contribution >= 4 is 5.91 Å². The molecule has 1 atom stereocenters. The molecule has 0 saturated carbocycles. The van der Waals surface area contributed by atoms with E-state index in [1.54, 1.807) is 7.11 Å². The first-order valence-corrected chi connectivity index (χ1v) is 7.85. The van der Waals surface area contributed by atoms with Crippen LogP contribution in [0.1, 0.15) is 46.5 Å². The van der Waals surface area contributed by atoms with Crippen LogP contribution in [-0.4, -0.2) is 56.2 Å². The van der Waals surface area contributed by atoms with Crippen molar-refractivity contribution in [3.05, 3.63) is 0 Å². The maximum Gasteiger partial charge on any atom is 0.221 e. The molecule has 0 aromatic heterocycles. The number of nitrogens with one attached hydrogen (secondary N) is 1. The lowest BCUT2D eigenvalue weighted by atomic mass is 10.0. The molecule has 0 spiro atoms. The second kappa shape index (κ2) is 12.1. The molecule has 5 nitrogen and oxygen atoms in total. The van der Waals surface area contributed by atoms with Crippen molar-refractivity contribution in [2.24, 2.45) is 5.73 Å². The third-order valence-electron chi connectivity index (χ3n) is 3.70. The van der Waals surface area contributed by atoms with Crippen LogP contribution in [0.4, 0.5) is 0 Å². The Bertz CT molecular complexity index is 245. The van der Waals surface area contributed by atoms with Crippen LogP contribution in [0.3, 0.4) is 0 Å². The maximum absolute atomic E-state index is 11.9. The Hall–Kier alpha value is -0.650. The fourth-order valence-electron chi connectivity index (χ4n) is 2.50. The Balaban J connectivity index is 4.65. The number of hydrogen-bond acceptors (Lipinski definition) is 4. The lowest BCUT2D eigenvalue weighted by molar-refractivity contribution is -0.122. The first-order valence-electron chi connectivity index (χ1n) is 7.85. The molecule has 120 valence electrons. The normalized spacial score (nSPS) is 12.9. The van der Waals surface area contributed by atoms with Crippen LogP contribution in [0.2, 0.25) is 0 Å². The van der Waals surface area contributed by atoms with Crippen molar-refractivity contribution in [3.8, 4) is 0 Å². The Labute approximate surface area is 124 Å². The minimum Gasteiger partial charge on any atom is -0.383 e. The molecule has 0 aliphatic carbocycles. The van der Waals surface area contributed by atoms with Crippen molar-refractivity contribution < 1.29 is 9.53 Å². The van der Waals surface area contributed by atoms with Gasteiger partial charge in [0.1, 0.15) is 0 Å². The summed E-state index contributed by atoms with van der Waals surface area (Å²) in [5, 5.41) is 2.93. The highest BCUT2D eigenvalue weighted by Crippen LogP contribution is 2.14. The molecule has 0 fully saturated rings. The Morgan fingerprint density at radius 1 is 1.25 bits per heavy atom. The molecule has 1 unspecified atom stereocenters. The number of methoxy groups -OCH3 is 1. The molecule has 0 radical (unpaired) electrons. The third-order valence-corrected chi connectivity index (χ3v) is 3.70. The highest BCUT2D eigenvalue weighted by atomic mass is 16.5. The molecule has 0 aliphatic rings. The molecule has 3 N–H and O–H groups in total. The Kier molecular flexibility index (Phi) is 11.7. The zero-order valence-electron chi connectivity index (χ0n) is 13.7. The quantitative estimate of drug-likeness (QED) is 0.569. The maximum atomic E-state index is 11.9. The minimum absolute atomic E-state index is 0.0897. The molecular weight excluding hydrogens is 254 g/mol. The standard InChI is InChI=1S/C15H33N3O2/c1-5-8-17-15(19)11-14(12-16)18(9-10-20-4)13(6-2)7-3/h13-14H,5-12,16H2,1-4H3,(H,17,19). The molecule has 0 rings (SSSR count). The van der Waals surface area contributed by atoms with Gasteiger partial charge in [-0.15, -0.1) is 0 Å². The van der Waals surface area contributed by atoms with Crippen molar-refractivity contribution in [2.75, 3.05) is 33.4 Å². The highest BCUT2D eigenvalue weighted by molar-refractivity contribution is 5.76. The Morgan fingerprint density at radius 2 is 1.90 bits per heavy atom. The zero-order valence-corrected chi connectivity index (χ0v) is 13.7. The van der Waals surface area contributed by atoms with E-state index in [0.717, 1.165) is 32.4 Å². The van der Waals surface area contributed by atoms with Gasteiger partial charge in [-0.25, -0.2) is 0 Å². The fourth-order valence-corrected chi connectivity index (χ4v) is 2.50. The van der Waals surface area contributed by atoms with Crippen LogP contribution < -0.4 is 11.1 Å². The van der Waals surface area contributed by atoms with E-state index in [1.165, 1.54) is 0 Å². The zero-order chi connectivity index (χ0) is 15.4. The molecule has 0 saturated heterocycles. The number of carbonyl (C=O) groups excluding carboxylic acids is 1. The van der Waals surface area contributed by atoms with E-state index >= 15 is 0 Å². The summed E-state index contributed by atoms with van der Waals surface area (Å²) in [6.45, 7) is 9.14. The molecule has 1 amide bonds. The van der Waals surface area contributed by atoms with Gasteiger partial charge in [0.25, 0.3) is 0 Å². The topological polar surface area (TPSA) is 67.6 Å². The van der Waals surface area contributed by atoms with E-state index in [1.807, 2.05) is 0 Å². The summed E-state index contributed by atoms with van der Waals surface area (Å²) >= 11 is 0. The number of rotatable bonds is 12. The minimum atomic E-state index is 0.0897. The number of carbonyl (C=O) groups is 1. The second-order valence-electron chi connectivity index (χ2n) is 5.14. The molecule has 0 heterocycles. The van der Waals surface area contributed by atoms with Gasteiger partial charge in [-0.1, -0.05) is 20.8 Å². The summed E-state index contributed by atoms with van der Waals surface area (Å²) in [6, 6.07) is 0.546. The summed E-state index contributed by atoms with van der Waals surface area (Å²) in [7, 11) is 1.70. The number of hydrogen-bond donors (Lipinski definition) is 2. The van der Waals surface area contributed by atoms with E-state index in [4.69, 9.17) is 10.5 Å². The predicted molar refractivity (Wildman–Crippen MR) is 83.7 cm³/mol. The molecule has 0 aromatic carbocycles. The first kappa shape index (κ1) is 19.4. The van der Waals surface area contributed by atoms with E-state index in [0.29, 0.717) is 25.6 Å². The van der Waals surface area contributed by atoms with Crippen LogP contribution in [-0.2, 0) is 9.53 Å². The molecular formula is C15H33N3O2. The molecule has 0 bridgehead atoms. The second-order valence-corrected chi connectivity index (χ2v) is 5.14. The smallest absolute Gasteiger partial charge is 0.221 e. The average molecular weight is 287 g/mol. The third kappa shape index (κ3) is 7.22. The van der Waals surface area contributed by atoms with Crippen LogP contribution in [0.5, 0.6) is 0 Å². The van der Waals surface area contributed by atoms with Gasteiger partial charge in [-0.2, -0.15) is 0 Å². The number of nitrogens with zero attached hydrogens (tertiary/aromatic N) is 1. The van der Waals surface area contributed by atoms with Crippen molar-refractivity contribution in [1.82, 2.24) is 10.2 Å². The van der Waals surface area contributed by atoms with Gasteiger partial charge in [0.15, 0.2) is 0 Å². The van der Waals surface area contributed by atoms with E-state index in [2.05, 4.69) is 31.0 Å². The van der Waals surface area contributed by atoms with Gasteiger partial charge in [-0.3, -0.25) is 9.69 Å². The number of ether oxygens (including phenoxy) is 1. The van der Waals surface area contributed by atoms with E-state index in [9.17, 15) is 4.79 Å². The van der Waals surface area contributed by atoms with Crippen molar-refractivity contribution in [3.63, 3.8) is 0 Å². The number of nitrogens with two attached hydrogens (primary N) is 1. The average Bonchev–Trinajstić information content (AvgIpc) is 2.47. The van der Waals surface area contributed by atoms with Gasteiger partial charge in [0.2, 0.25) is 5.91 Å². The van der Waals surface area contributed by atoms with E-state index in [-0.39, 0.29) is 11.9 Å². The predicted octanol–water partition coefficient (Wildman–Crippen LogP) is 1.37. The molecule has 5 heteroatoms. The number of amides is 1. The summed E-state index contributed by atoms with van der Waals surface area (Å²) < 4.78 is 5.19. The lowest BCUT2D eigenvalue weighted by Gasteiger charge is -2.36. The molecule has 20 heavy (non-hydrogen) atoms. The van der Waals surface area contributed by atoms with Gasteiger partial charge >= 0.3 is 0 Å². The Morgan fingerprint density at radius 3 is 2.35 bits per heavy atom. The summed E-state index contributed by atoms with van der Waals surface area (Å²) in [5.74, 6) is 0.0932. The SMILES string of the molecule is CCCNC(=O)CC(CN)N(CCOC)C(CC)CC. The van der Waals surface area contributed by atoms with Gasteiger partial charge in [0.05, 0.1) is 6.61 Å². The molecule has 0 aromatic rings. The summed E-state index contributed by atoms with van der Waals surface area (Å²) in [5.41, 5.74) is 5.91. The van der Waals surface area contributed by atoms with Crippen molar-refractivity contribution in [1.29, 1.82) is 0 Å². The van der Waals surface area contributed by atoms with Crippen LogP contribution in [0, 0.1) is 0 Å². The monoisotopic (exact) mass is 287 g/mol. The van der Waals surface area contributed by atoms with Gasteiger partial charge in [0, 0.05) is 45.2 Å². The van der Waals surface area contributed by atoms with Gasteiger partial charge in [-0.05, 0) is 19.3 Å². The van der Waals surface area contributed by atoms with Crippen LogP contribution in [0.25, 0.3) is 0 Å². The van der Waals surface area contributed by atoms with Crippen LogP contribution in [0.15, 0.2) is 0 Å². The first-order chi connectivity index (χ1) is 9.64. The highest BCUT2D eigenvalue weighted by Gasteiger charge is 2.25. The summed E-state index contributed by atoms with van der Waals surface area (Å²) in [6.07, 6.45) is 3.55. The largest absolute Gasteiger partial charge is 0.383 e.